The fourth-order valence-electron chi connectivity index (χ4n) is 2.15. The molecule has 0 saturated carbocycles. The van der Waals surface area contributed by atoms with E-state index in [0.29, 0.717) is 0 Å². The van der Waals surface area contributed by atoms with Gasteiger partial charge >= 0.3 is 0 Å². The van der Waals surface area contributed by atoms with Gasteiger partial charge in [-0.1, -0.05) is 6.92 Å². The van der Waals surface area contributed by atoms with E-state index >= 15 is 0 Å². The van der Waals surface area contributed by atoms with Gasteiger partial charge in [0.2, 0.25) is 0 Å². The summed E-state index contributed by atoms with van der Waals surface area (Å²) in [5.74, 6) is 0.901. The fourth-order valence-corrected chi connectivity index (χ4v) is 2.15. The molecule has 1 fully saturated rings. The van der Waals surface area contributed by atoms with E-state index in [1.807, 2.05) is 0 Å². The SMILES string of the molecule is CC[NH2+]C[C@H](O)C[NH+]1CCC(C)CC1. The molecule has 1 aliphatic rings. The molecule has 0 amide bonds. The van der Waals surface area contributed by atoms with Crippen molar-refractivity contribution in [2.45, 2.75) is 32.8 Å². The van der Waals surface area contributed by atoms with Crippen LogP contribution in [0.15, 0.2) is 0 Å². The van der Waals surface area contributed by atoms with Crippen LogP contribution in [0, 0.1) is 5.92 Å². The summed E-state index contributed by atoms with van der Waals surface area (Å²) >= 11 is 0. The number of hydrogen-bond acceptors (Lipinski definition) is 1. The summed E-state index contributed by atoms with van der Waals surface area (Å²) in [6, 6.07) is 0. The van der Waals surface area contributed by atoms with Gasteiger partial charge in [-0.25, -0.2) is 0 Å². The maximum atomic E-state index is 9.75. The fraction of sp³-hybridized carbons (Fsp3) is 1.00. The van der Waals surface area contributed by atoms with Crippen molar-refractivity contribution < 1.29 is 15.3 Å². The number of hydrogen-bond donors (Lipinski definition) is 3. The zero-order valence-electron chi connectivity index (χ0n) is 9.63. The third-order valence-corrected chi connectivity index (χ3v) is 3.23. The zero-order chi connectivity index (χ0) is 10.4. The summed E-state index contributed by atoms with van der Waals surface area (Å²) in [5.41, 5.74) is 0. The molecule has 0 aliphatic carbocycles. The second kappa shape index (κ2) is 6.38. The van der Waals surface area contributed by atoms with Crippen LogP contribution in [-0.2, 0) is 0 Å². The van der Waals surface area contributed by atoms with Crippen LogP contribution in [0.1, 0.15) is 26.7 Å². The molecule has 1 rings (SSSR count). The minimum absolute atomic E-state index is 0.113. The highest BCUT2D eigenvalue weighted by molar-refractivity contribution is 4.57. The average molecular weight is 202 g/mol. The first-order chi connectivity index (χ1) is 6.72. The van der Waals surface area contributed by atoms with E-state index in [1.165, 1.54) is 25.9 Å². The lowest BCUT2D eigenvalue weighted by Gasteiger charge is -2.28. The predicted octanol–water partition coefficient (Wildman–Crippen LogP) is -1.75. The van der Waals surface area contributed by atoms with Crippen LogP contribution in [-0.4, -0.2) is 43.9 Å². The van der Waals surface area contributed by atoms with Gasteiger partial charge in [0.05, 0.1) is 19.6 Å². The Balaban J connectivity index is 2.10. The Hall–Kier alpha value is -0.120. The van der Waals surface area contributed by atoms with Gasteiger partial charge < -0.3 is 15.3 Å². The predicted molar refractivity (Wildman–Crippen MR) is 57.3 cm³/mol. The van der Waals surface area contributed by atoms with Crippen LogP contribution in [0.2, 0.25) is 0 Å². The van der Waals surface area contributed by atoms with E-state index in [0.717, 1.165) is 25.6 Å². The van der Waals surface area contributed by atoms with Crippen LogP contribution < -0.4 is 10.2 Å². The highest BCUT2D eigenvalue weighted by Crippen LogP contribution is 2.06. The first-order valence-electron chi connectivity index (χ1n) is 6.05. The molecule has 0 bridgehead atoms. The Morgan fingerprint density at radius 1 is 1.43 bits per heavy atom. The second-order valence-corrected chi connectivity index (χ2v) is 4.72. The number of quaternary nitrogens is 2. The van der Waals surface area contributed by atoms with Crippen molar-refractivity contribution in [1.29, 1.82) is 0 Å². The largest absolute Gasteiger partial charge is 0.382 e. The van der Waals surface area contributed by atoms with Gasteiger partial charge in [-0.2, -0.15) is 0 Å². The van der Waals surface area contributed by atoms with Crippen molar-refractivity contribution in [3.63, 3.8) is 0 Å². The standard InChI is InChI=1S/C11H24N2O/c1-3-12-8-11(14)9-13-6-4-10(2)5-7-13/h10-12,14H,3-9H2,1-2H3/p+2/t11-/m0/s1. The summed E-state index contributed by atoms with van der Waals surface area (Å²) in [4.78, 5) is 1.60. The number of nitrogens with one attached hydrogen (secondary N) is 1. The number of likely N-dealkylation sites (N-methyl/N-ethyl adjacent to an activating group) is 1. The van der Waals surface area contributed by atoms with Gasteiger partial charge in [0.25, 0.3) is 0 Å². The average Bonchev–Trinajstić information content (AvgIpc) is 2.18. The maximum Gasteiger partial charge on any atom is 0.151 e. The third-order valence-electron chi connectivity index (χ3n) is 3.23. The van der Waals surface area contributed by atoms with Crippen molar-refractivity contribution in [3.05, 3.63) is 0 Å². The maximum absolute atomic E-state index is 9.75. The van der Waals surface area contributed by atoms with E-state index < -0.39 is 0 Å². The molecular formula is C11H26N2O+2. The summed E-state index contributed by atoms with van der Waals surface area (Å²) in [6.07, 6.45) is 2.55. The lowest BCUT2D eigenvalue weighted by Crippen LogP contribution is -3.14. The van der Waals surface area contributed by atoms with Gasteiger partial charge in [-0.05, 0) is 25.7 Å². The molecule has 0 aromatic heterocycles. The Kier molecular flexibility index (Phi) is 5.45. The van der Waals surface area contributed by atoms with Crippen molar-refractivity contribution in [3.8, 4) is 0 Å². The van der Waals surface area contributed by atoms with Crippen LogP contribution in [0.5, 0.6) is 0 Å². The molecule has 0 radical (unpaired) electrons. The molecule has 0 aromatic rings. The molecule has 3 nitrogen and oxygen atoms in total. The molecular weight excluding hydrogens is 176 g/mol. The molecule has 0 aromatic carbocycles. The number of rotatable bonds is 5. The number of nitrogens with two attached hydrogens (primary N) is 1. The normalized spacial score (nSPS) is 30.2. The van der Waals surface area contributed by atoms with E-state index in [9.17, 15) is 5.11 Å². The molecule has 84 valence electrons. The Morgan fingerprint density at radius 2 is 2.07 bits per heavy atom. The first-order valence-corrected chi connectivity index (χ1v) is 6.05. The van der Waals surface area contributed by atoms with Crippen molar-refractivity contribution in [1.82, 2.24) is 0 Å². The molecule has 0 unspecified atom stereocenters. The first kappa shape index (κ1) is 12.0. The van der Waals surface area contributed by atoms with Crippen molar-refractivity contribution >= 4 is 0 Å². The summed E-state index contributed by atoms with van der Waals surface area (Å²) in [5, 5.41) is 11.9. The molecule has 14 heavy (non-hydrogen) atoms. The third kappa shape index (κ3) is 4.40. The van der Waals surface area contributed by atoms with Crippen LogP contribution in [0.3, 0.4) is 0 Å². The molecule has 0 spiro atoms. The minimum Gasteiger partial charge on any atom is -0.382 e. The van der Waals surface area contributed by atoms with E-state index in [2.05, 4.69) is 19.2 Å². The molecule has 3 heteroatoms. The van der Waals surface area contributed by atoms with E-state index in [4.69, 9.17) is 0 Å². The van der Waals surface area contributed by atoms with Gasteiger partial charge in [-0.3, -0.25) is 0 Å². The summed E-state index contributed by atoms with van der Waals surface area (Å²) < 4.78 is 0. The van der Waals surface area contributed by atoms with Crippen molar-refractivity contribution in [2.24, 2.45) is 5.92 Å². The highest BCUT2D eigenvalue weighted by Gasteiger charge is 2.21. The second-order valence-electron chi connectivity index (χ2n) is 4.72. The van der Waals surface area contributed by atoms with E-state index in [-0.39, 0.29) is 6.10 Å². The lowest BCUT2D eigenvalue weighted by molar-refractivity contribution is -0.910. The quantitative estimate of drug-likeness (QED) is 0.486. The molecule has 1 heterocycles. The number of likely N-dealkylation sites (tertiary alicyclic amines) is 1. The Labute approximate surface area is 87.5 Å². The summed E-state index contributed by atoms with van der Waals surface area (Å²) in [6.45, 7) is 9.86. The highest BCUT2D eigenvalue weighted by atomic mass is 16.3. The van der Waals surface area contributed by atoms with Gasteiger partial charge in [0, 0.05) is 0 Å². The van der Waals surface area contributed by atoms with Gasteiger partial charge in [-0.15, -0.1) is 0 Å². The minimum atomic E-state index is -0.113. The Bertz CT molecular complexity index is 144. The van der Waals surface area contributed by atoms with Crippen LogP contribution in [0.4, 0.5) is 0 Å². The molecule has 1 saturated heterocycles. The zero-order valence-corrected chi connectivity index (χ0v) is 9.63. The number of aliphatic hydroxyl groups is 1. The van der Waals surface area contributed by atoms with Crippen molar-refractivity contribution in [2.75, 3.05) is 32.7 Å². The van der Waals surface area contributed by atoms with E-state index in [1.54, 1.807) is 4.90 Å². The molecule has 4 N–H and O–H groups in total. The molecule has 1 aliphatic heterocycles. The monoisotopic (exact) mass is 202 g/mol. The Morgan fingerprint density at radius 3 is 2.64 bits per heavy atom. The van der Waals surface area contributed by atoms with Gasteiger partial charge in [0.15, 0.2) is 6.10 Å². The van der Waals surface area contributed by atoms with Gasteiger partial charge in [0.1, 0.15) is 13.1 Å². The topological polar surface area (TPSA) is 41.3 Å². The number of aliphatic hydroxyl groups excluding tert-OH is 1. The lowest BCUT2D eigenvalue weighted by atomic mass is 9.99. The number of piperidine rings is 1. The molecule has 1 atom stereocenters. The van der Waals surface area contributed by atoms with Crippen LogP contribution >= 0.6 is 0 Å². The van der Waals surface area contributed by atoms with Crippen LogP contribution in [0.25, 0.3) is 0 Å². The summed E-state index contributed by atoms with van der Waals surface area (Å²) in [7, 11) is 0. The smallest absolute Gasteiger partial charge is 0.151 e.